The van der Waals surface area contributed by atoms with Crippen molar-refractivity contribution in [3.8, 4) is 0 Å². The molecular weight excluding hydrogens is 182 g/mol. The molecule has 0 saturated heterocycles. The van der Waals surface area contributed by atoms with Crippen molar-refractivity contribution in [3.05, 3.63) is 24.2 Å². The second-order valence-electron chi connectivity index (χ2n) is 2.05. The lowest BCUT2D eigenvalue weighted by atomic mass is 10.3. The second kappa shape index (κ2) is 3.92. The van der Waals surface area contributed by atoms with Crippen LogP contribution in [0.3, 0.4) is 0 Å². The Morgan fingerprint density at radius 1 is 1.58 bits per heavy atom. The zero-order valence-corrected chi connectivity index (χ0v) is 6.80. The third kappa shape index (κ3) is 2.39. The Morgan fingerprint density at radius 2 is 2.33 bits per heavy atom. The first-order chi connectivity index (χ1) is 5.70. The second-order valence-corrected chi connectivity index (χ2v) is 2.47. The molecular formula is C7H6ClNO3. The zero-order chi connectivity index (χ0) is 8.97. The van der Waals surface area contributed by atoms with Gasteiger partial charge in [0.1, 0.15) is 6.26 Å². The van der Waals surface area contributed by atoms with Crippen molar-refractivity contribution in [2.24, 2.45) is 0 Å². The summed E-state index contributed by atoms with van der Waals surface area (Å²) in [6.07, 6.45) is 2.66. The van der Waals surface area contributed by atoms with E-state index in [4.69, 9.17) is 11.6 Å². The number of hydrogen-bond acceptors (Lipinski definition) is 3. The van der Waals surface area contributed by atoms with Crippen molar-refractivity contribution in [3.63, 3.8) is 0 Å². The molecule has 0 atom stereocenters. The van der Waals surface area contributed by atoms with Gasteiger partial charge in [0.2, 0.25) is 5.24 Å². The maximum absolute atomic E-state index is 11.0. The molecule has 0 aliphatic carbocycles. The summed E-state index contributed by atoms with van der Waals surface area (Å²) in [4.78, 5) is 21.3. The third-order valence-corrected chi connectivity index (χ3v) is 1.30. The largest absolute Gasteiger partial charge is 0.472 e. The molecule has 0 fully saturated rings. The molecule has 0 bridgehead atoms. The normalized spacial score (nSPS) is 9.42. The first-order valence-electron chi connectivity index (χ1n) is 3.19. The van der Waals surface area contributed by atoms with E-state index in [1.165, 1.54) is 18.6 Å². The van der Waals surface area contributed by atoms with E-state index in [0.29, 0.717) is 5.56 Å². The van der Waals surface area contributed by atoms with Crippen LogP contribution < -0.4 is 5.32 Å². The Labute approximate surface area is 73.5 Å². The number of rotatable bonds is 3. The van der Waals surface area contributed by atoms with Gasteiger partial charge < -0.3 is 9.73 Å². The zero-order valence-electron chi connectivity index (χ0n) is 6.04. The highest BCUT2D eigenvalue weighted by atomic mass is 35.5. The molecule has 0 unspecified atom stereocenters. The van der Waals surface area contributed by atoms with Crippen molar-refractivity contribution in [2.45, 2.75) is 0 Å². The smallest absolute Gasteiger partial charge is 0.254 e. The van der Waals surface area contributed by atoms with Gasteiger partial charge in [-0.1, -0.05) is 0 Å². The van der Waals surface area contributed by atoms with Crippen LogP contribution in [-0.4, -0.2) is 17.7 Å². The summed E-state index contributed by atoms with van der Waals surface area (Å²) >= 11 is 5.01. The SMILES string of the molecule is O=C(Cl)CNC(=O)c1ccoc1. The van der Waals surface area contributed by atoms with Crippen molar-refractivity contribution < 1.29 is 14.0 Å². The van der Waals surface area contributed by atoms with Crippen molar-refractivity contribution in [1.29, 1.82) is 0 Å². The maximum Gasteiger partial charge on any atom is 0.254 e. The number of nitrogens with one attached hydrogen (secondary N) is 1. The van der Waals surface area contributed by atoms with Gasteiger partial charge in [-0.2, -0.15) is 0 Å². The van der Waals surface area contributed by atoms with E-state index >= 15 is 0 Å². The summed E-state index contributed by atoms with van der Waals surface area (Å²) in [7, 11) is 0. The van der Waals surface area contributed by atoms with Gasteiger partial charge in [0, 0.05) is 0 Å². The van der Waals surface area contributed by atoms with Crippen molar-refractivity contribution in [2.75, 3.05) is 6.54 Å². The van der Waals surface area contributed by atoms with Crippen LogP contribution in [0.1, 0.15) is 10.4 Å². The Hall–Kier alpha value is -1.29. The van der Waals surface area contributed by atoms with E-state index in [2.05, 4.69) is 9.73 Å². The summed E-state index contributed by atoms with van der Waals surface area (Å²) in [5.74, 6) is -0.377. The van der Waals surface area contributed by atoms with Gasteiger partial charge >= 0.3 is 0 Å². The topological polar surface area (TPSA) is 59.3 Å². The monoisotopic (exact) mass is 187 g/mol. The molecule has 0 spiro atoms. The van der Waals surface area contributed by atoms with E-state index in [1.807, 2.05) is 0 Å². The molecule has 5 heteroatoms. The average molecular weight is 188 g/mol. The van der Waals surface area contributed by atoms with E-state index < -0.39 is 5.24 Å². The molecule has 1 aromatic heterocycles. The lowest BCUT2D eigenvalue weighted by Gasteiger charge is -1.96. The Balaban J connectivity index is 2.45. The van der Waals surface area contributed by atoms with Crippen LogP contribution in [0.2, 0.25) is 0 Å². The van der Waals surface area contributed by atoms with Gasteiger partial charge in [0.05, 0.1) is 18.4 Å². The molecule has 0 saturated carbocycles. The van der Waals surface area contributed by atoms with Crippen LogP contribution in [0.25, 0.3) is 0 Å². The summed E-state index contributed by atoms with van der Waals surface area (Å²) in [6.45, 7) is -0.175. The summed E-state index contributed by atoms with van der Waals surface area (Å²) < 4.78 is 4.66. The quantitative estimate of drug-likeness (QED) is 0.712. The molecule has 1 aromatic rings. The average Bonchev–Trinajstić information content (AvgIpc) is 2.51. The molecule has 1 amide bonds. The number of hydrogen-bond donors (Lipinski definition) is 1. The number of carbonyl (C=O) groups excluding carboxylic acids is 2. The Bertz CT molecular complexity index is 281. The molecule has 12 heavy (non-hydrogen) atoms. The number of furan rings is 1. The van der Waals surface area contributed by atoms with Crippen LogP contribution in [0.5, 0.6) is 0 Å². The highest BCUT2D eigenvalue weighted by Crippen LogP contribution is 1.98. The highest BCUT2D eigenvalue weighted by molar-refractivity contribution is 6.64. The van der Waals surface area contributed by atoms with Gasteiger partial charge in [0.15, 0.2) is 0 Å². The minimum atomic E-state index is -0.605. The lowest BCUT2D eigenvalue weighted by molar-refractivity contribution is -0.110. The molecule has 1 N–H and O–H groups in total. The van der Waals surface area contributed by atoms with E-state index in [1.54, 1.807) is 0 Å². The summed E-state index contributed by atoms with van der Waals surface area (Å²) in [5.41, 5.74) is 0.368. The molecule has 1 rings (SSSR count). The summed E-state index contributed by atoms with van der Waals surface area (Å²) in [5, 5.41) is 1.70. The van der Waals surface area contributed by atoms with Gasteiger partial charge in [0.25, 0.3) is 5.91 Å². The van der Waals surface area contributed by atoms with Gasteiger partial charge in [-0.3, -0.25) is 9.59 Å². The fourth-order valence-electron chi connectivity index (χ4n) is 0.645. The van der Waals surface area contributed by atoms with Crippen LogP contribution in [0, 0.1) is 0 Å². The first kappa shape index (κ1) is 8.80. The minimum absolute atomic E-state index is 0.175. The summed E-state index contributed by atoms with van der Waals surface area (Å²) in [6, 6.07) is 1.49. The highest BCUT2D eigenvalue weighted by Gasteiger charge is 2.06. The first-order valence-corrected chi connectivity index (χ1v) is 3.56. The fourth-order valence-corrected chi connectivity index (χ4v) is 0.712. The van der Waals surface area contributed by atoms with Gasteiger partial charge in [-0.25, -0.2) is 0 Å². The van der Waals surface area contributed by atoms with Crippen molar-refractivity contribution >= 4 is 22.8 Å². The van der Waals surface area contributed by atoms with Crippen LogP contribution >= 0.6 is 11.6 Å². The maximum atomic E-state index is 11.0. The van der Waals surface area contributed by atoms with E-state index in [9.17, 15) is 9.59 Å². The van der Waals surface area contributed by atoms with Crippen molar-refractivity contribution in [1.82, 2.24) is 5.32 Å². The number of amides is 1. The minimum Gasteiger partial charge on any atom is -0.472 e. The Morgan fingerprint density at radius 3 is 2.83 bits per heavy atom. The van der Waals surface area contributed by atoms with E-state index in [-0.39, 0.29) is 12.5 Å². The lowest BCUT2D eigenvalue weighted by Crippen LogP contribution is -2.26. The molecule has 0 radical (unpaired) electrons. The predicted octanol–water partition coefficient (Wildman–Crippen LogP) is 0.775. The van der Waals surface area contributed by atoms with Gasteiger partial charge in [-0.15, -0.1) is 0 Å². The molecule has 0 aromatic carbocycles. The molecule has 1 heterocycles. The van der Waals surface area contributed by atoms with Crippen LogP contribution in [0.15, 0.2) is 23.0 Å². The predicted molar refractivity (Wildman–Crippen MR) is 41.9 cm³/mol. The molecule has 4 nitrogen and oxygen atoms in total. The molecule has 0 aliphatic heterocycles. The van der Waals surface area contributed by atoms with Crippen LogP contribution in [-0.2, 0) is 4.79 Å². The number of halogens is 1. The van der Waals surface area contributed by atoms with E-state index in [0.717, 1.165) is 0 Å². The fraction of sp³-hybridized carbons (Fsp3) is 0.143. The van der Waals surface area contributed by atoms with Gasteiger partial charge in [-0.05, 0) is 17.7 Å². The Kier molecular flexibility index (Phi) is 2.88. The number of carbonyl (C=O) groups is 2. The molecule has 64 valence electrons. The van der Waals surface area contributed by atoms with Crippen LogP contribution in [0.4, 0.5) is 0 Å². The standard InChI is InChI=1S/C7H6ClNO3/c8-6(10)3-9-7(11)5-1-2-12-4-5/h1-2,4H,3H2,(H,9,11). The molecule has 0 aliphatic rings. The third-order valence-electron chi connectivity index (χ3n) is 1.17.